The number of halogens is 1. The molecule has 1 aromatic heterocycles. The van der Waals surface area contributed by atoms with Gasteiger partial charge in [-0.25, -0.2) is 9.18 Å². The van der Waals surface area contributed by atoms with Crippen molar-refractivity contribution >= 4 is 23.2 Å². The molecular formula is C13H15FN4O2. The molecular weight excluding hydrogens is 263 g/mol. The number of carbonyl (C=O) groups is 1. The summed E-state index contributed by atoms with van der Waals surface area (Å²) in [4.78, 5) is 11.7. The Labute approximate surface area is 115 Å². The van der Waals surface area contributed by atoms with Crippen molar-refractivity contribution in [1.82, 2.24) is 9.78 Å². The van der Waals surface area contributed by atoms with E-state index >= 15 is 0 Å². The molecule has 0 fully saturated rings. The lowest BCUT2D eigenvalue weighted by molar-refractivity contribution is 0.0527. The first-order valence-electron chi connectivity index (χ1n) is 6.04. The van der Waals surface area contributed by atoms with Gasteiger partial charge < -0.3 is 15.8 Å². The van der Waals surface area contributed by atoms with E-state index in [9.17, 15) is 9.18 Å². The number of aromatic nitrogens is 2. The third-order valence-corrected chi connectivity index (χ3v) is 2.61. The van der Waals surface area contributed by atoms with Crippen LogP contribution in [0.2, 0.25) is 0 Å². The van der Waals surface area contributed by atoms with Crippen molar-refractivity contribution in [2.24, 2.45) is 7.05 Å². The zero-order valence-corrected chi connectivity index (χ0v) is 11.2. The van der Waals surface area contributed by atoms with Gasteiger partial charge in [-0.2, -0.15) is 5.10 Å². The highest BCUT2D eigenvalue weighted by Crippen LogP contribution is 2.25. The number of carbonyl (C=O) groups excluding carboxylic acids is 1. The summed E-state index contributed by atoms with van der Waals surface area (Å²) in [6.45, 7) is 1.91. The van der Waals surface area contributed by atoms with Crippen LogP contribution in [-0.2, 0) is 11.8 Å². The molecule has 0 radical (unpaired) electrons. The van der Waals surface area contributed by atoms with E-state index in [1.165, 1.54) is 6.07 Å². The van der Waals surface area contributed by atoms with Gasteiger partial charge in [0.2, 0.25) is 0 Å². The second kappa shape index (κ2) is 5.60. The predicted octanol–water partition coefficient (Wildman–Crippen LogP) is 2.06. The SMILES string of the molecule is CCOC(=O)c1cc(Nc2ccn(C)n2)c(F)cc1N. The molecule has 0 atom stereocenters. The average molecular weight is 278 g/mol. The summed E-state index contributed by atoms with van der Waals surface area (Å²) in [5.41, 5.74) is 5.89. The highest BCUT2D eigenvalue weighted by Gasteiger charge is 2.15. The number of hydrogen-bond donors (Lipinski definition) is 2. The van der Waals surface area contributed by atoms with Crippen molar-refractivity contribution < 1.29 is 13.9 Å². The van der Waals surface area contributed by atoms with Gasteiger partial charge in [0.1, 0.15) is 5.82 Å². The number of nitrogens with zero attached hydrogens (tertiary/aromatic N) is 2. The highest BCUT2D eigenvalue weighted by atomic mass is 19.1. The average Bonchev–Trinajstić information content (AvgIpc) is 2.78. The first kappa shape index (κ1) is 13.9. The third kappa shape index (κ3) is 2.87. The topological polar surface area (TPSA) is 82.2 Å². The monoisotopic (exact) mass is 278 g/mol. The van der Waals surface area contributed by atoms with Gasteiger partial charge >= 0.3 is 5.97 Å². The minimum absolute atomic E-state index is 0.0347. The van der Waals surface area contributed by atoms with Gasteiger partial charge in [0.15, 0.2) is 5.82 Å². The summed E-state index contributed by atoms with van der Waals surface area (Å²) in [5, 5.41) is 6.86. The molecule has 7 heteroatoms. The van der Waals surface area contributed by atoms with Crippen molar-refractivity contribution in [3.05, 3.63) is 35.8 Å². The fourth-order valence-corrected chi connectivity index (χ4v) is 1.69. The lowest BCUT2D eigenvalue weighted by atomic mass is 10.1. The Morgan fingerprint density at radius 2 is 2.30 bits per heavy atom. The van der Waals surface area contributed by atoms with Gasteiger partial charge in [0.25, 0.3) is 0 Å². The normalized spacial score (nSPS) is 10.3. The van der Waals surface area contributed by atoms with Crippen LogP contribution in [-0.4, -0.2) is 22.4 Å². The van der Waals surface area contributed by atoms with Crippen molar-refractivity contribution in [3.63, 3.8) is 0 Å². The van der Waals surface area contributed by atoms with E-state index < -0.39 is 11.8 Å². The van der Waals surface area contributed by atoms with Crippen molar-refractivity contribution in [2.75, 3.05) is 17.7 Å². The van der Waals surface area contributed by atoms with E-state index in [4.69, 9.17) is 10.5 Å². The fraction of sp³-hybridized carbons (Fsp3) is 0.231. The largest absolute Gasteiger partial charge is 0.462 e. The Balaban J connectivity index is 2.33. The Bertz CT molecular complexity index is 639. The Kier molecular flexibility index (Phi) is 3.88. The quantitative estimate of drug-likeness (QED) is 0.661. The number of hydrogen-bond acceptors (Lipinski definition) is 5. The zero-order valence-electron chi connectivity index (χ0n) is 11.2. The zero-order chi connectivity index (χ0) is 14.7. The summed E-state index contributed by atoms with van der Waals surface area (Å²) in [6.07, 6.45) is 1.71. The standard InChI is InChI=1S/C13H15FN4O2/c1-3-20-13(19)8-6-11(9(14)7-10(8)15)16-12-4-5-18(2)17-12/h4-7H,3,15H2,1-2H3,(H,16,17). The lowest BCUT2D eigenvalue weighted by Crippen LogP contribution is -2.09. The number of anilines is 3. The molecule has 0 bridgehead atoms. The van der Waals surface area contributed by atoms with Crippen LogP contribution in [0, 0.1) is 5.82 Å². The van der Waals surface area contributed by atoms with E-state index in [1.54, 1.807) is 30.9 Å². The minimum atomic E-state index is -0.589. The molecule has 106 valence electrons. The van der Waals surface area contributed by atoms with E-state index in [-0.39, 0.29) is 23.5 Å². The van der Waals surface area contributed by atoms with Crippen molar-refractivity contribution in [1.29, 1.82) is 0 Å². The van der Waals surface area contributed by atoms with E-state index in [0.717, 1.165) is 6.07 Å². The number of nitrogens with one attached hydrogen (secondary N) is 1. The molecule has 3 N–H and O–H groups in total. The molecule has 0 aliphatic heterocycles. The molecule has 2 rings (SSSR count). The van der Waals surface area contributed by atoms with E-state index in [0.29, 0.717) is 5.82 Å². The van der Waals surface area contributed by atoms with Gasteiger partial charge in [0, 0.05) is 25.0 Å². The summed E-state index contributed by atoms with van der Waals surface area (Å²) < 4.78 is 20.3. The minimum Gasteiger partial charge on any atom is -0.462 e. The summed E-state index contributed by atoms with van der Waals surface area (Å²) >= 11 is 0. The molecule has 0 spiro atoms. The maximum atomic E-state index is 13.8. The fourth-order valence-electron chi connectivity index (χ4n) is 1.69. The molecule has 20 heavy (non-hydrogen) atoms. The molecule has 0 aliphatic carbocycles. The van der Waals surface area contributed by atoms with E-state index in [1.807, 2.05) is 0 Å². The smallest absolute Gasteiger partial charge is 0.340 e. The third-order valence-electron chi connectivity index (χ3n) is 2.61. The second-order valence-corrected chi connectivity index (χ2v) is 4.14. The maximum Gasteiger partial charge on any atom is 0.340 e. The maximum absolute atomic E-state index is 13.8. The number of esters is 1. The molecule has 6 nitrogen and oxygen atoms in total. The summed E-state index contributed by atoms with van der Waals surface area (Å²) in [6, 6.07) is 4.08. The molecule has 1 heterocycles. The molecule has 2 aromatic rings. The van der Waals surface area contributed by atoms with Gasteiger partial charge in [-0.05, 0) is 19.1 Å². The summed E-state index contributed by atoms with van der Waals surface area (Å²) in [7, 11) is 1.74. The van der Waals surface area contributed by atoms with Crippen LogP contribution in [0.15, 0.2) is 24.4 Å². The van der Waals surface area contributed by atoms with E-state index in [2.05, 4.69) is 10.4 Å². The highest BCUT2D eigenvalue weighted by molar-refractivity contribution is 5.96. The lowest BCUT2D eigenvalue weighted by Gasteiger charge is -2.10. The number of benzene rings is 1. The molecule has 0 saturated heterocycles. The second-order valence-electron chi connectivity index (χ2n) is 4.14. The first-order valence-corrected chi connectivity index (χ1v) is 6.04. The number of nitrogen functional groups attached to an aromatic ring is 1. The number of nitrogens with two attached hydrogens (primary N) is 1. The molecule has 0 unspecified atom stereocenters. The van der Waals surface area contributed by atoms with Crippen LogP contribution in [0.5, 0.6) is 0 Å². The van der Waals surface area contributed by atoms with Crippen LogP contribution >= 0.6 is 0 Å². The number of rotatable bonds is 4. The first-order chi connectivity index (χ1) is 9.51. The molecule has 1 aromatic carbocycles. The van der Waals surface area contributed by atoms with Crippen LogP contribution in [0.25, 0.3) is 0 Å². The Morgan fingerprint density at radius 1 is 1.55 bits per heavy atom. The van der Waals surface area contributed by atoms with Crippen LogP contribution in [0.1, 0.15) is 17.3 Å². The number of aryl methyl sites for hydroxylation is 1. The van der Waals surface area contributed by atoms with Gasteiger partial charge in [-0.1, -0.05) is 0 Å². The van der Waals surface area contributed by atoms with Crippen molar-refractivity contribution in [2.45, 2.75) is 6.92 Å². The molecule has 0 aliphatic rings. The van der Waals surface area contributed by atoms with Crippen LogP contribution < -0.4 is 11.1 Å². The van der Waals surface area contributed by atoms with Crippen LogP contribution in [0.3, 0.4) is 0 Å². The molecule has 0 saturated carbocycles. The Morgan fingerprint density at radius 3 is 2.90 bits per heavy atom. The molecule has 0 amide bonds. The predicted molar refractivity (Wildman–Crippen MR) is 73.3 cm³/mol. The summed E-state index contributed by atoms with van der Waals surface area (Å²) in [5.74, 6) is -0.693. The van der Waals surface area contributed by atoms with Crippen LogP contribution in [0.4, 0.5) is 21.6 Å². The van der Waals surface area contributed by atoms with Gasteiger partial charge in [0.05, 0.1) is 17.9 Å². The Hall–Kier alpha value is -2.57. The van der Waals surface area contributed by atoms with Gasteiger partial charge in [-0.15, -0.1) is 0 Å². The van der Waals surface area contributed by atoms with Crippen molar-refractivity contribution in [3.8, 4) is 0 Å². The number of ether oxygens (including phenoxy) is 1. The van der Waals surface area contributed by atoms with Gasteiger partial charge in [-0.3, -0.25) is 4.68 Å².